The highest BCUT2D eigenvalue weighted by Gasteiger charge is 2.30. The van der Waals surface area contributed by atoms with Crippen LogP contribution in [0.1, 0.15) is 357 Å². The third kappa shape index (κ3) is 63.5. The molecular weight excluding hydrogens is 1190 g/mol. The minimum Gasteiger partial charge on any atom is -0.462 e. The summed E-state index contributed by atoms with van der Waals surface area (Å²) in [6.07, 6.45) is 46.0. The molecule has 17 nitrogen and oxygen atoms in total. The standard InChI is InChI=1S/C71H138O17P2/c1-8-10-11-12-13-14-15-16-17-18-19-24-27-30-40-47-54-70(75)87-66(58-81-68(73)52-45-38-29-26-23-21-20-22-25-28-35-42-49-62(3)4)60-85-89(77,78)83-56-65(72)57-84-90(79,80)86-61-67(59-82-69(74)53-46-39-33-31-36-43-50-63(5)6)88-71(76)55-48-41-34-32-37-44-51-64(7)9-2/h62-67,72H,8-61H2,1-7H3,(H,77,78)(H,79,80)/t64?,65-,66-,67-/m1/s1. The first kappa shape index (κ1) is 88.1. The molecule has 0 bridgehead atoms. The fraction of sp³-hybridized carbons (Fsp3) is 0.944. The van der Waals surface area contributed by atoms with Crippen LogP contribution in [0, 0.1) is 17.8 Å². The van der Waals surface area contributed by atoms with Gasteiger partial charge in [-0.15, -0.1) is 0 Å². The molecule has 0 fully saturated rings. The number of hydrogen-bond acceptors (Lipinski definition) is 15. The number of carbonyl (C=O) groups is 4. The van der Waals surface area contributed by atoms with Gasteiger partial charge in [-0.25, -0.2) is 9.13 Å². The van der Waals surface area contributed by atoms with E-state index in [0.717, 1.165) is 108 Å². The molecule has 90 heavy (non-hydrogen) atoms. The van der Waals surface area contributed by atoms with Crippen LogP contribution in [0.4, 0.5) is 0 Å². The maximum atomic E-state index is 13.0. The van der Waals surface area contributed by atoms with Crippen molar-refractivity contribution in [3.05, 3.63) is 0 Å². The number of hydrogen-bond donors (Lipinski definition) is 3. The molecule has 3 N–H and O–H groups in total. The Hall–Kier alpha value is -1.94. The van der Waals surface area contributed by atoms with E-state index in [4.69, 9.17) is 37.0 Å². The van der Waals surface area contributed by atoms with E-state index >= 15 is 0 Å². The summed E-state index contributed by atoms with van der Waals surface area (Å²) >= 11 is 0. The van der Waals surface area contributed by atoms with E-state index in [-0.39, 0.29) is 25.7 Å². The normalized spacial score (nSPS) is 14.5. The number of ether oxygens (including phenoxy) is 4. The van der Waals surface area contributed by atoms with Crippen molar-refractivity contribution in [3.8, 4) is 0 Å². The van der Waals surface area contributed by atoms with E-state index in [2.05, 4.69) is 48.5 Å². The van der Waals surface area contributed by atoms with Crippen LogP contribution >= 0.6 is 15.6 Å². The summed E-state index contributed by atoms with van der Waals surface area (Å²) in [5, 5.41) is 10.6. The SMILES string of the molecule is CCCCCCCCCCCCCCCCCCC(=O)O[C@H](COC(=O)CCCCCCCCCCCCCCC(C)C)COP(=O)(O)OC[C@@H](O)COP(=O)(O)OC[C@@H](COC(=O)CCCCCCCCC(C)C)OC(=O)CCCCCCCCC(C)CC. The maximum absolute atomic E-state index is 13.0. The second-order valence-electron chi connectivity index (χ2n) is 26.8. The third-order valence-electron chi connectivity index (χ3n) is 16.7. The molecule has 0 saturated heterocycles. The lowest BCUT2D eigenvalue weighted by Crippen LogP contribution is -2.30. The Labute approximate surface area is 549 Å². The summed E-state index contributed by atoms with van der Waals surface area (Å²) in [5.74, 6) is 0.0526. The lowest BCUT2D eigenvalue weighted by atomic mass is 10.00. The van der Waals surface area contributed by atoms with Gasteiger partial charge in [-0.2, -0.15) is 0 Å². The molecule has 0 aromatic rings. The van der Waals surface area contributed by atoms with Gasteiger partial charge in [0.2, 0.25) is 0 Å². The summed E-state index contributed by atoms with van der Waals surface area (Å²) < 4.78 is 68.3. The number of aliphatic hydroxyl groups is 1. The van der Waals surface area contributed by atoms with Crippen molar-refractivity contribution >= 4 is 39.5 Å². The molecular formula is C71H138O17P2. The molecule has 0 aromatic carbocycles. The summed E-state index contributed by atoms with van der Waals surface area (Å²) in [4.78, 5) is 72.5. The van der Waals surface area contributed by atoms with Crippen molar-refractivity contribution in [1.29, 1.82) is 0 Å². The van der Waals surface area contributed by atoms with Crippen LogP contribution in [0.25, 0.3) is 0 Å². The van der Waals surface area contributed by atoms with E-state index in [1.165, 1.54) is 161 Å². The molecule has 3 unspecified atom stereocenters. The predicted octanol–water partition coefficient (Wildman–Crippen LogP) is 20.2. The van der Waals surface area contributed by atoms with Crippen LogP contribution in [0.5, 0.6) is 0 Å². The van der Waals surface area contributed by atoms with Gasteiger partial charge in [0.05, 0.1) is 26.4 Å². The predicted molar refractivity (Wildman–Crippen MR) is 363 cm³/mol. The van der Waals surface area contributed by atoms with Crippen molar-refractivity contribution in [1.82, 2.24) is 0 Å². The van der Waals surface area contributed by atoms with Crippen molar-refractivity contribution in [2.24, 2.45) is 17.8 Å². The number of rotatable bonds is 69. The highest BCUT2D eigenvalue weighted by Crippen LogP contribution is 2.45. The quantitative estimate of drug-likeness (QED) is 0.0222. The van der Waals surface area contributed by atoms with Gasteiger partial charge >= 0.3 is 39.5 Å². The number of unbranched alkanes of at least 4 members (excludes halogenated alkanes) is 36. The summed E-state index contributed by atoms with van der Waals surface area (Å²) in [5.41, 5.74) is 0. The molecule has 0 rings (SSSR count). The first-order valence-corrected chi connectivity index (χ1v) is 39.9. The first-order valence-electron chi connectivity index (χ1n) is 36.9. The van der Waals surface area contributed by atoms with Crippen LogP contribution in [-0.4, -0.2) is 96.7 Å². The van der Waals surface area contributed by atoms with Crippen molar-refractivity contribution in [2.45, 2.75) is 375 Å². The Morgan fingerprint density at radius 3 is 0.844 bits per heavy atom. The molecule has 0 radical (unpaired) electrons. The molecule has 0 saturated carbocycles. The highest BCUT2D eigenvalue weighted by atomic mass is 31.2. The van der Waals surface area contributed by atoms with Gasteiger partial charge in [0.25, 0.3) is 0 Å². The van der Waals surface area contributed by atoms with Gasteiger partial charge in [-0.1, -0.05) is 305 Å². The van der Waals surface area contributed by atoms with Gasteiger partial charge in [0.1, 0.15) is 19.3 Å². The number of esters is 4. The number of phosphoric acid groups is 2. The third-order valence-corrected chi connectivity index (χ3v) is 18.6. The maximum Gasteiger partial charge on any atom is 0.472 e. The fourth-order valence-corrected chi connectivity index (χ4v) is 12.3. The van der Waals surface area contributed by atoms with E-state index in [1.807, 2.05) is 0 Å². The van der Waals surface area contributed by atoms with E-state index in [1.54, 1.807) is 0 Å². The fourth-order valence-electron chi connectivity index (χ4n) is 10.7. The molecule has 0 aliphatic heterocycles. The van der Waals surface area contributed by atoms with Crippen LogP contribution in [0.2, 0.25) is 0 Å². The zero-order valence-corrected chi connectivity index (χ0v) is 60.4. The molecule has 0 aromatic heterocycles. The Morgan fingerprint density at radius 2 is 0.567 bits per heavy atom. The van der Waals surface area contributed by atoms with Gasteiger partial charge in [0, 0.05) is 25.7 Å². The number of phosphoric ester groups is 2. The van der Waals surface area contributed by atoms with Gasteiger partial charge < -0.3 is 33.8 Å². The highest BCUT2D eigenvalue weighted by molar-refractivity contribution is 7.47. The van der Waals surface area contributed by atoms with Gasteiger partial charge in [0.15, 0.2) is 12.2 Å². The zero-order chi connectivity index (χ0) is 66.6. The molecule has 0 aliphatic rings. The van der Waals surface area contributed by atoms with Gasteiger partial charge in [-0.05, 0) is 43.4 Å². The molecule has 0 heterocycles. The lowest BCUT2D eigenvalue weighted by molar-refractivity contribution is -0.161. The summed E-state index contributed by atoms with van der Waals surface area (Å²) in [6, 6.07) is 0. The van der Waals surface area contributed by atoms with Gasteiger partial charge in [-0.3, -0.25) is 37.3 Å². The molecule has 6 atom stereocenters. The molecule has 19 heteroatoms. The molecule has 0 amide bonds. The number of aliphatic hydroxyl groups excluding tert-OH is 1. The molecule has 0 aliphatic carbocycles. The second kappa shape index (κ2) is 61.9. The Morgan fingerprint density at radius 1 is 0.322 bits per heavy atom. The van der Waals surface area contributed by atoms with Crippen molar-refractivity contribution < 1.29 is 80.2 Å². The van der Waals surface area contributed by atoms with Crippen LogP contribution in [-0.2, 0) is 65.4 Å². The average Bonchev–Trinajstić information content (AvgIpc) is 3.72. The average molecular weight is 1330 g/mol. The molecule has 0 spiro atoms. The molecule has 534 valence electrons. The van der Waals surface area contributed by atoms with E-state index < -0.39 is 97.5 Å². The van der Waals surface area contributed by atoms with Crippen LogP contribution in [0.3, 0.4) is 0 Å². The van der Waals surface area contributed by atoms with Crippen molar-refractivity contribution in [3.63, 3.8) is 0 Å². The van der Waals surface area contributed by atoms with Crippen LogP contribution in [0.15, 0.2) is 0 Å². The summed E-state index contributed by atoms with van der Waals surface area (Å²) in [7, 11) is -9.90. The van der Waals surface area contributed by atoms with Crippen LogP contribution < -0.4 is 0 Å². The van der Waals surface area contributed by atoms with E-state index in [9.17, 15) is 43.2 Å². The monoisotopic (exact) mass is 1320 g/mol. The van der Waals surface area contributed by atoms with E-state index in [0.29, 0.717) is 31.6 Å². The Bertz CT molecular complexity index is 1770. The topological polar surface area (TPSA) is 237 Å². The number of carbonyl (C=O) groups excluding carboxylic acids is 4. The second-order valence-corrected chi connectivity index (χ2v) is 29.7. The van der Waals surface area contributed by atoms with Crippen molar-refractivity contribution in [2.75, 3.05) is 39.6 Å². The summed E-state index contributed by atoms with van der Waals surface area (Å²) in [6.45, 7) is 11.7. The first-order chi connectivity index (χ1) is 43.3. The minimum absolute atomic E-state index is 0.102. The Balaban J connectivity index is 5.24. The minimum atomic E-state index is -4.95. The smallest absolute Gasteiger partial charge is 0.462 e. The lowest BCUT2D eigenvalue weighted by Gasteiger charge is -2.21. The zero-order valence-electron chi connectivity index (χ0n) is 58.6. The largest absolute Gasteiger partial charge is 0.472 e. The Kier molecular flexibility index (Phi) is 60.6.